The molecular formula is C18H22N2O2. The highest BCUT2D eigenvalue weighted by Gasteiger charge is 2.23. The van der Waals surface area contributed by atoms with Gasteiger partial charge >= 0.3 is 0 Å². The lowest BCUT2D eigenvalue weighted by Crippen LogP contribution is -2.43. The van der Waals surface area contributed by atoms with Crippen molar-refractivity contribution in [2.45, 2.75) is 39.2 Å². The molecule has 2 heterocycles. The van der Waals surface area contributed by atoms with Crippen LogP contribution in [0.2, 0.25) is 0 Å². The summed E-state index contributed by atoms with van der Waals surface area (Å²) in [7, 11) is 0. The number of amides is 1. The number of pyridine rings is 1. The van der Waals surface area contributed by atoms with E-state index in [1.165, 1.54) is 12.0 Å². The molecule has 0 aliphatic carbocycles. The molecule has 0 spiro atoms. The van der Waals surface area contributed by atoms with E-state index in [1.807, 2.05) is 36.1 Å². The van der Waals surface area contributed by atoms with Crippen molar-refractivity contribution in [3.63, 3.8) is 0 Å². The minimum absolute atomic E-state index is 0.0806. The van der Waals surface area contributed by atoms with E-state index in [9.17, 15) is 4.79 Å². The maximum Gasteiger partial charge on any atom is 0.263 e. The fourth-order valence-electron chi connectivity index (χ4n) is 2.97. The van der Waals surface area contributed by atoms with Crippen LogP contribution >= 0.6 is 0 Å². The lowest BCUT2D eigenvalue weighted by molar-refractivity contribution is -0.138. The van der Waals surface area contributed by atoms with Gasteiger partial charge in [0.1, 0.15) is 5.75 Å². The van der Waals surface area contributed by atoms with Gasteiger partial charge in [-0.15, -0.1) is 0 Å². The number of carbonyl (C=O) groups excluding carboxylic acids is 1. The highest BCUT2D eigenvalue weighted by Crippen LogP contribution is 2.23. The summed E-state index contributed by atoms with van der Waals surface area (Å²) in [5.41, 5.74) is 2.09. The average molecular weight is 298 g/mol. The Balaban J connectivity index is 1.73. The minimum Gasteiger partial charge on any atom is -0.481 e. The van der Waals surface area contributed by atoms with Crippen molar-refractivity contribution in [3.8, 4) is 5.75 Å². The van der Waals surface area contributed by atoms with E-state index >= 15 is 0 Å². The summed E-state index contributed by atoms with van der Waals surface area (Å²) in [6.07, 6.45) is 4.74. The number of hydrogen-bond acceptors (Lipinski definition) is 3. The number of benzene rings is 1. The zero-order chi connectivity index (χ0) is 15.5. The topological polar surface area (TPSA) is 42.4 Å². The maximum absolute atomic E-state index is 12.4. The van der Waals surface area contributed by atoms with E-state index in [-0.39, 0.29) is 5.91 Å². The van der Waals surface area contributed by atoms with E-state index in [2.05, 4.69) is 11.9 Å². The van der Waals surface area contributed by atoms with E-state index < -0.39 is 6.10 Å². The summed E-state index contributed by atoms with van der Waals surface area (Å²) < 4.78 is 5.85. The number of likely N-dealkylation sites (tertiary alicyclic amines) is 1. The van der Waals surface area contributed by atoms with Crippen LogP contribution in [-0.4, -0.2) is 35.0 Å². The molecule has 0 radical (unpaired) electrons. The van der Waals surface area contributed by atoms with Gasteiger partial charge in [-0.05, 0) is 56.9 Å². The molecule has 1 amide bonds. The predicted octanol–water partition coefficient (Wildman–Crippen LogP) is 3.32. The summed E-state index contributed by atoms with van der Waals surface area (Å²) in [5.74, 6) is 0.778. The molecule has 1 aromatic carbocycles. The first kappa shape index (κ1) is 14.8. The van der Waals surface area contributed by atoms with Gasteiger partial charge in [-0.1, -0.05) is 0 Å². The molecule has 3 rings (SSSR count). The van der Waals surface area contributed by atoms with Gasteiger partial charge in [0.05, 0.1) is 5.52 Å². The molecule has 1 saturated heterocycles. The van der Waals surface area contributed by atoms with E-state index in [0.29, 0.717) is 5.75 Å². The van der Waals surface area contributed by atoms with Crippen LogP contribution in [0.25, 0.3) is 10.9 Å². The van der Waals surface area contributed by atoms with E-state index in [0.717, 1.165) is 36.8 Å². The Labute approximate surface area is 131 Å². The summed E-state index contributed by atoms with van der Waals surface area (Å²) in [5, 5.41) is 1.12. The fourth-order valence-corrected chi connectivity index (χ4v) is 2.97. The number of aryl methyl sites for hydroxylation is 1. The quantitative estimate of drug-likeness (QED) is 0.873. The molecule has 0 unspecified atom stereocenters. The van der Waals surface area contributed by atoms with Crippen molar-refractivity contribution in [1.82, 2.24) is 9.88 Å². The Morgan fingerprint density at radius 3 is 2.77 bits per heavy atom. The summed E-state index contributed by atoms with van der Waals surface area (Å²) in [4.78, 5) is 18.7. The first-order valence-electron chi connectivity index (χ1n) is 7.96. The summed E-state index contributed by atoms with van der Waals surface area (Å²) in [6, 6.07) is 7.82. The number of piperidine rings is 1. The highest BCUT2D eigenvalue weighted by molar-refractivity contribution is 5.84. The van der Waals surface area contributed by atoms with Crippen LogP contribution in [0, 0.1) is 6.92 Å². The lowest BCUT2D eigenvalue weighted by Gasteiger charge is -2.29. The molecule has 116 valence electrons. The third-order valence-corrected chi connectivity index (χ3v) is 4.26. The first-order valence-corrected chi connectivity index (χ1v) is 7.96. The zero-order valence-corrected chi connectivity index (χ0v) is 13.2. The molecule has 1 atom stereocenters. The first-order chi connectivity index (χ1) is 10.6. The molecule has 0 bridgehead atoms. The van der Waals surface area contributed by atoms with Crippen molar-refractivity contribution >= 4 is 16.8 Å². The SMILES string of the molecule is Cc1ccnc2cc(O[C@H](C)C(=O)N3CCCCC3)ccc12. The number of aromatic nitrogens is 1. The molecule has 1 aromatic heterocycles. The van der Waals surface area contributed by atoms with Crippen LogP contribution in [0.5, 0.6) is 5.75 Å². The number of hydrogen-bond donors (Lipinski definition) is 0. The number of carbonyl (C=O) groups is 1. The highest BCUT2D eigenvalue weighted by atomic mass is 16.5. The standard InChI is InChI=1S/C18H22N2O2/c1-13-8-9-19-17-12-15(6-7-16(13)17)22-14(2)18(21)20-10-4-3-5-11-20/h6-9,12,14H,3-5,10-11H2,1-2H3/t14-/m1/s1. The average Bonchev–Trinajstić information content (AvgIpc) is 2.55. The van der Waals surface area contributed by atoms with Gasteiger partial charge in [0, 0.05) is 30.7 Å². The number of nitrogens with zero attached hydrogens (tertiary/aromatic N) is 2. The molecule has 1 aliphatic heterocycles. The van der Waals surface area contributed by atoms with Crippen molar-refractivity contribution < 1.29 is 9.53 Å². The third kappa shape index (κ3) is 3.06. The number of rotatable bonds is 3. The van der Waals surface area contributed by atoms with Gasteiger partial charge in [-0.3, -0.25) is 9.78 Å². The van der Waals surface area contributed by atoms with Crippen LogP contribution in [0.1, 0.15) is 31.7 Å². The number of fused-ring (bicyclic) bond motifs is 1. The Morgan fingerprint density at radius 2 is 2.00 bits per heavy atom. The second-order valence-corrected chi connectivity index (χ2v) is 5.95. The maximum atomic E-state index is 12.4. The molecule has 1 aliphatic rings. The smallest absolute Gasteiger partial charge is 0.263 e. The second kappa shape index (κ2) is 6.34. The van der Waals surface area contributed by atoms with E-state index in [1.54, 1.807) is 6.20 Å². The molecule has 0 N–H and O–H groups in total. The predicted molar refractivity (Wildman–Crippen MR) is 87.0 cm³/mol. The van der Waals surface area contributed by atoms with Gasteiger partial charge in [0.2, 0.25) is 0 Å². The molecule has 4 heteroatoms. The molecule has 0 saturated carbocycles. The van der Waals surface area contributed by atoms with E-state index in [4.69, 9.17) is 4.74 Å². The van der Waals surface area contributed by atoms with Crippen molar-refractivity contribution in [1.29, 1.82) is 0 Å². The number of ether oxygens (including phenoxy) is 1. The Kier molecular flexibility index (Phi) is 4.27. The van der Waals surface area contributed by atoms with Crippen LogP contribution in [0.4, 0.5) is 0 Å². The molecule has 1 fully saturated rings. The molecular weight excluding hydrogens is 276 g/mol. The van der Waals surface area contributed by atoms with Crippen LogP contribution in [0.3, 0.4) is 0 Å². The van der Waals surface area contributed by atoms with Gasteiger partial charge in [-0.25, -0.2) is 0 Å². The summed E-state index contributed by atoms with van der Waals surface area (Å²) >= 11 is 0. The second-order valence-electron chi connectivity index (χ2n) is 5.95. The van der Waals surface area contributed by atoms with Gasteiger partial charge in [0.25, 0.3) is 5.91 Å². The molecule has 4 nitrogen and oxygen atoms in total. The third-order valence-electron chi connectivity index (χ3n) is 4.26. The summed E-state index contributed by atoms with van der Waals surface area (Å²) in [6.45, 7) is 5.59. The van der Waals surface area contributed by atoms with Crippen molar-refractivity contribution in [3.05, 3.63) is 36.0 Å². The zero-order valence-electron chi connectivity index (χ0n) is 13.2. The minimum atomic E-state index is -0.458. The van der Waals surface area contributed by atoms with Crippen LogP contribution in [-0.2, 0) is 4.79 Å². The largest absolute Gasteiger partial charge is 0.481 e. The molecule has 2 aromatic rings. The van der Waals surface area contributed by atoms with Gasteiger partial charge in [-0.2, -0.15) is 0 Å². The van der Waals surface area contributed by atoms with Crippen LogP contribution < -0.4 is 4.74 Å². The van der Waals surface area contributed by atoms with Gasteiger partial charge < -0.3 is 9.64 Å². The van der Waals surface area contributed by atoms with Crippen LogP contribution in [0.15, 0.2) is 30.5 Å². The fraction of sp³-hybridized carbons (Fsp3) is 0.444. The van der Waals surface area contributed by atoms with Crippen molar-refractivity contribution in [2.75, 3.05) is 13.1 Å². The Morgan fingerprint density at radius 1 is 1.23 bits per heavy atom. The Bertz CT molecular complexity index is 678. The Hall–Kier alpha value is -2.10. The normalized spacial score (nSPS) is 16.5. The van der Waals surface area contributed by atoms with Gasteiger partial charge in [0.15, 0.2) is 6.10 Å². The lowest BCUT2D eigenvalue weighted by atomic mass is 10.1. The monoisotopic (exact) mass is 298 g/mol. The molecule has 22 heavy (non-hydrogen) atoms. The van der Waals surface area contributed by atoms with Crippen molar-refractivity contribution in [2.24, 2.45) is 0 Å².